The molecule has 160 valence electrons. The molecule has 4 rings (SSSR count). The molecule has 0 N–H and O–H groups in total. The Hall–Kier alpha value is -1.73. The van der Waals surface area contributed by atoms with Gasteiger partial charge in [0.2, 0.25) is 5.91 Å². The molecule has 29 heavy (non-hydrogen) atoms. The molecule has 0 bridgehead atoms. The van der Waals surface area contributed by atoms with Crippen molar-refractivity contribution >= 4 is 11.7 Å². The van der Waals surface area contributed by atoms with Crippen LogP contribution in [0.4, 0.5) is 5.82 Å². The number of aryl methyl sites for hydroxylation is 2. The summed E-state index contributed by atoms with van der Waals surface area (Å²) in [4.78, 5) is 29.1. The van der Waals surface area contributed by atoms with Crippen molar-refractivity contribution in [2.75, 3.05) is 57.4 Å². The highest BCUT2D eigenvalue weighted by Gasteiger charge is 2.34. The normalized spacial score (nSPS) is 24.7. The van der Waals surface area contributed by atoms with E-state index in [2.05, 4.69) is 21.7 Å². The molecule has 0 unspecified atom stereocenters. The van der Waals surface area contributed by atoms with Crippen LogP contribution in [-0.2, 0) is 16.0 Å². The SMILES string of the molecule is CCc1cnc(C)nc1N1CCC(N2CCC[C@@H](C(=O)N3CCOCC3)C2)CC1. The number of nitrogens with zero attached hydrogens (tertiary/aromatic N) is 5. The van der Waals surface area contributed by atoms with Crippen molar-refractivity contribution in [3.05, 3.63) is 17.6 Å². The molecule has 4 heterocycles. The van der Waals surface area contributed by atoms with Crippen molar-refractivity contribution in [1.82, 2.24) is 19.8 Å². The van der Waals surface area contributed by atoms with Crippen LogP contribution in [0, 0.1) is 12.8 Å². The Labute approximate surface area is 174 Å². The molecule has 0 aromatic carbocycles. The number of rotatable bonds is 4. The van der Waals surface area contributed by atoms with Crippen molar-refractivity contribution in [3.8, 4) is 0 Å². The number of amides is 1. The van der Waals surface area contributed by atoms with Crippen molar-refractivity contribution in [2.45, 2.75) is 52.0 Å². The molecule has 3 saturated heterocycles. The first-order valence-corrected chi connectivity index (χ1v) is 11.3. The summed E-state index contributed by atoms with van der Waals surface area (Å²) in [6, 6.07) is 0.583. The van der Waals surface area contributed by atoms with Gasteiger partial charge in [0.25, 0.3) is 0 Å². The van der Waals surface area contributed by atoms with E-state index in [1.54, 1.807) is 0 Å². The molecule has 3 aliphatic rings. The maximum atomic E-state index is 12.9. The zero-order valence-corrected chi connectivity index (χ0v) is 18.0. The molecule has 7 heteroatoms. The Morgan fingerprint density at radius 2 is 1.90 bits per heavy atom. The van der Waals surface area contributed by atoms with Crippen LogP contribution in [0.15, 0.2) is 6.20 Å². The van der Waals surface area contributed by atoms with Crippen molar-refractivity contribution in [2.24, 2.45) is 5.92 Å². The maximum Gasteiger partial charge on any atom is 0.227 e. The van der Waals surface area contributed by atoms with Crippen molar-refractivity contribution < 1.29 is 9.53 Å². The van der Waals surface area contributed by atoms with Gasteiger partial charge >= 0.3 is 0 Å². The number of carbonyl (C=O) groups is 1. The van der Waals surface area contributed by atoms with Crippen molar-refractivity contribution in [3.63, 3.8) is 0 Å². The molecule has 1 aromatic rings. The van der Waals surface area contributed by atoms with E-state index in [0.29, 0.717) is 25.2 Å². The molecule has 0 saturated carbocycles. The highest BCUT2D eigenvalue weighted by Crippen LogP contribution is 2.28. The number of ether oxygens (including phenoxy) is 1. The minimum absolute atomic E-state index is 0.163. The molecular formula is C22H35N5O2. The number of hydrogen-bond acceptors (Lipinski definition) is 6. The molecule has 1 aromatic heterocycles. The summed E-state index contributed by atoms with van der Waals surface area (Å²) < 4.78 is 5.41. The Morgan fingerprint density at radius 3 is 2.62 bits per heavy atom. The molecule has 0 radical (unpaired) electrons. The third kappa shape index (κ3) is 4.72. The van der Waals surface area contributed by atoms with Gasteiger partial charge in [0.15, 0.2) is 0 Å². The second-order valence-electron chi connectivity index (χ2n) is 8.61. The highest BCUT2D eigenvalue weighted by molar-refractivity contribution is 5.79. The minimum atomic E-state index is 0.163. The van der Waals surface area contributed by atoms with Crippen LogP contribution < -0.4 is 4.90 Å². The van der Waals surface area contributed by atoms with E-state index in [1.807, 2.05) is 18.0 Å². The second kappa shape index (κ2) is 9.39. The number of hydrogen-bond donors (Lipinski definition) is 0. The maximum absolute atomic E-state index is 12.9. The zero-order valence-electron chi connectivity index (χ0n) is 18.0. The highest BCUT2D eigenvalue weighted by atomic mass is 16.5. The number of aromatic nitrogens is 2. The van der Waals surface area contributed by atoms with Crippen LogP contribution in [0.5, 0.6) is 0 Å². The predicted molar refractivity (Wildman–Crippen MR) is 113 cm³/mol. The van der Waals surface area contributed by atoms with E-state index in [9.17, 15) is 4.79 Å². The van der Waals surface area contributed by atoms with Gasteiger partial charge in [0.05, 0.1) is 19.1 Å². The smallest absolute Gasteiger partial charge is 0.227 e. The number of likely N-dealkylation sites (tertiary alicyclic amines) is 1. The molecule has 1 amide bonds. The summed E-state index contributed by atoms with van der Waals surface area (Å²) in [7, 11) is 0. The summed E-state index contributed by atoms with van der Waals surface area (Å²) >= 11 is 0. The summed E-state index contributed by atoms with van der Waals surface area (Å²) in [5.74, 6) is 2.48. The van der Waals surface area contributed by atoms with Gasteiger partial charge in [-0.1, -0.05) is 6.92 Å². The van der Waals surface area contributed by atoms with Crippen LogP contribution in [-0.4, -0.2) is 84.2 Å². The summed E-state index contributed by atoms with van der Waals surface area (Å²) in [5, 5.41) is 0. The first-order valence-electron chi connectivity index (χ1n) is 11.3. The van der Waals surface area contributed by atoms with Gasteiger partial charge in [-0.2, -0.15) is 0 Å². The second-order valence-corrected chi connectivity index (χ2v) is 8.61. The van der Waals surface area contributed by atoms with E-state index in [4.69, 9.17) is 9.72 Å². The lowest BCUT2D eigenvalue weighted by atomic mass is 9.92. The number of piperidine rings is 2. The quantitative estimate of drug-likeness (QED) is 0.768. The van der Waals surface area contributed by atoms with Crippen molar-refractivity contribution in [1.29, 1.82) is 0 Å². The van der Waals surface area contributed by atoms with Crippen LogP contribution in [0.2, 0.25) is 0 Å². The zero-order chi connectivity index (χ0) is 20.2. The Kier molecular flexibility index (Phi) is 6.65. The van der Waals surface area contributed by atoms with E-state index in [-0.39, 0.29) is 5.92 Å². The van der Waals surface area contributed by atoms with Crippen LogP contribution >= 0.6 is 0 Å². The lowest BCUT2D eigenvalue weighted by Crippen LogP contribution is -2.52. The molecule has 3 fully saturated rings. The van der Waals surface area contributed by atoms with E-state index in [1.165, 1.54) is 5.56 Å². The van der Waals surface area contributed by atoms with Gasteiger partial charge in [-0.15, -0.1) is 0 Å². The molecule has 1 atom stereocenters. The molecular weight excluding hydrogens is 366 g/mol. The van der Waals surface area contributed by atoms with E-state index < -0.39 is 0 Å². The first-order chi connectivity index (χ1) is 14.2. The van der Waals surface area contributed by atoms with E-state index >= 15 is 0 Å². The molecule has 0 aliphatic carbocycles. The summed E-state index contributed by atoms with van der Waals surface area (Å²) in [5.41, 5.74) is 1.24. The van der Waals surface area contributed by atoms with Crippen LogP contribution in [0.25, 0.3) is 0 Å². The largest absolute Gasteiger partial charge is 0.378 e. The lowest BCUT2D eigenvalue weighted by molar-refractivity contribution is -0.141. The molecule has 7 nitrogen and oxygen atoms in total. The fourth-order valence-electron chi connectivity index (χ4n) is 5.03. The third-order valence-electron chi connectivity index (χ3n) is 6.75. The van der Waals surface area contributed by atoms with Gasteiger partial charge in [0.1, 0.15) is 11.6 Å². The van der Waals surface area contributed by atoms with E-state index in [0.717, 1.165) is 83.0 Å². The standard InChI is InChI=1S/C22H35N5O2/c1-3-18-15-23-17(2)24-21(18)25-9-6-20(7-10-25)27-8-4-5-19(16-27)22(28)26-11-13-29-14-12-26/h15,19-20H,3-14,16H2,1-2H3/t19-/m1/s1. The molecule has 0 spiro atoms. The van der Waals surface area contributed by atoms with Gasteiger partial charge < -0.3 is 14.5 Å². The fraction of sp³-hybridized carbons (Fsp3) is 0.773. The number of morpholine rings is 1. The van der Waals surface area contributed by atoms with Crippen LogP contribution in [0.1, 0.15) is 44.0 Å². The predicted octanol–water partition coefficient (Wildman–Crippen LogP) is 1.89. The Morgan fingerprint density at radius 1 is 1.14 bits per heavy atom. The minimum Gasteiger partial charge on any atom is -0.378 e. The van der Waals surface area contributed by atoms with Gasteiger partial charge in [-0.05, 0) is 45.6 Å². The molecule has 3 aliphatic heterocycles. The Bertz CT molecular complexity index is 698. The van der Waals surface area contributed by atoms with Gasteiger partial charge in [-0.3, -0.25) is 9.69 Å². The number of carbonyl (C=O) groups excluding carboxylic acids is 1. The lowest BCUT2D eigenvalue weighted by Gasteiger charge is -2.43. The van der Waals surface area contributed by atoms with Crippen LogP contribution in [0.3, 0.4) is 0 Å². The fourth-order valence-corrected chi connectivity index (χ4v) is 5.03. The van der Waals surface area contributed by atoms with Gasteiger partial charge in [0, 0.05) is 50.5 Å². The summed E-state index contributed by atoms with van der Waals surface area (Å²) in [6.07, 6.45) is 7.40. The Balaban J connectivity index is 1.33. The average Bonchev–Trinajstić information content (AvgIpc) is 2.79. The number of anilines is 1. The summed E-state index contributed by atoms with van der Waals surface area (Å²) in [6.45, 7) is 11.1. The average molecular weight is 402 g/mol. The third-order valence-corrected chi connectivity index (χ3v) is 6.75. The van der Waals surface area contributed by atoms with Gasteiger partial charge in [-0.25, -0.2) is 9.97 Å². The topological polar surface area (TPSA) is 61.8 Å². The monoisotopic (exact) mass is 401 g/mol. The first kappa shape index (κ1) is 20.5.